The molecule has 0 amide bonds. The lowest BCUT2D eigenvalue weighted by Crippen LogP contribution is -2.07. The Morgan fingerprint density at radius 3 is 2.95 bits per heavy atom. The largest absolute Gasteiger partial charge is 0.489 e. The summed E-state index contributed by atoms with van der Waals surface area (Å²) < 4.78 is 7.42. The summed E-state index contributed by atoms with van der Waals surface area (Å²) in [5.41, 5.74) is 2.53. The molecule has 3 rings (SSSR count). The van der Waals surface area contributed by atoms with Crippen molar-refractivity contribution in [3.8, 4) is 5.75 Å². The maximum Gasteiger partial charge on any atom is 0.166 e. The topological polar surface area (TPSA) is 63.8 Å². The molecule has 0 atom stereocenters. The average molecular weight is 274 g/mol. The second-order valence-electron chi connectivity index (χ2n) is 5.06. The number of hydrogen-bond acceptors (Lipinski definition) is 4. The average Bonchev–Trinajstić information content (AvgIpc) is 3.22. The van der Waals surface area contributed by atoms with Gasteiger partial charge < -0.3 is 9.84 Å². The van der Waals surface area contributed by atoms with Crippen LogP contribution in [-0.4, -0.2) is 33.7 Å². The maximum atomic E-state index is 11.9. The molecule has 1 saturated carbocycles. The summed E-state index contributed by atoms with van der Waals surface area (Å²) in [4.78, 5) is 11.9. The molecule has 1 fully saturated rings. The number of aromatic nitrogens is 2. The summed E-state index contributed by atoms with van der Waals surface area (Å²) >= 11 is 0. The minimum atomic E-state index is -0.0131. The number of rotatable bonds is 6. The number of ether oxygens (including phenoxy) is 1. The number of fused-ring (bicyclic) bond motifs is 1. The highest BCUT2D eigenvalue weighted by Crippen LogP contribution is 2.44. The van der Waals surface area contributed by atoms with Crippen LogP contribution in [0.4, 0.5) is 0 Å². The second-order valence-corrected chi connectivity index (χ2v) is 5.06. The van der Waals surface area contributed by atoms with E-state index in [1.807, 2.05) is 23.6 Å². The van der Waals surface area contributed by atoms with Crippen LogP contribution in [0.5, 0.6) is 5.75 Å². The number of nitrogens with zero attached hydrogens (tertiary/aromatic N) is 2. The number of carbonyl (C=O) groups is 1. The van der Waals surface area contributed by atoms with E-state index >= 15 is 0 Å². The molecule has 0 unspecified atom stereocenters. The molecule has 0 aliphatic heterocycles. The van der Waals surface area contributed by atoms with E-state index in [0.717, 1.165) is 29.8 Å². The number of aliphatic hydroxyl groups excluding tert-OH is 1. The molecule has 5 nitrogen and oxygen atoms in total. The van der Waals surface area contributed by atoms with Crippen molar-refractivity contribution in [2.75, 3.05) is 13.2 Å². The fourth-order valence-corrected chi connectivity index (χ4v) is 2.47. The first-order valence-electron chi connectivity index (χ1n) is 7.03. The van der Waals surface area contributed by atoms with E-state index in [-0.39, 0.29) is 19.0 Å². The number of Topliss-reactive ketones (excluding diaryl/α,β-unsaturated/α-hetero) is 1. The fourth-order valence-electron chi connectivity index (χ4n) is 2.47. The van der Waals surface area contributed by atoms with Gasteiger partial charge in [0, 0.05) is 12.3 Å². The van der Waals surface area contributed by atoms with Gasteiger partial charge in [-0.05, 0) is 25.0 Å². The van der Waals surface area contributed by atoms with E-state index in [2.05, 4.69) is 5.10 Å². The number of ketones is 1. The SMILES string of the molecule is CCC(=O)c1cnn2c(C3CC3)c(OCCO)ccc12. The van der Waals surface area contributed by atoms with Crippen molar-refractivity contribution in [2.24, 2.45) is 0 Å². The third kappa shape index (κ3) is 2.18. The van der Waals surface area contributed by atoms with Crippen LogP contribution >= 0.6 is 0 Å². The molecule has 5 heteroatoms. The Bertz CT molecular complexity index is 644. The molecule has 2 aromatic rings. The van der Waals surface area contributed by atoms with Gasteiger partial charge in [-0.1, -0.05) is 6.92 Å². The monoisotopic (exact) mass is 274 g/mol. The highest BCUT2D eigenvalue weighted by atomic mass is 16.5. The van der Waals surface area contributed by atoms with Gasteiger partial charge >= 0.3 is 0 Å². The van der Waals surface area contributed by atoms with E-state index in [1.54, 1.807) is 6.20 Å². The second kappa shape index (κ2) is 5.25. The molecule has 20 heavy (non-hydrogen) atoms. The van der Waals surface area contributed by atoms with E-state index in [9.17, 15) is 4.79 Å². The molecule has 0 radical (unpaired) electrons. The summed E-state index contributed by atoms with van der Waals surface area (Å²) in [5, 5.41) is 13.3. The van der Waals surface area contributed by atoms with E-state index in [1.165, 1.54) is 0 Å². The molecule has 0 saturated heterocycles. The lowest BCUT2D eigenvalue weighted by molar-refractivity contribution is 0.0989. The summed E-state index contributed by atoms with van der Waals surface area (Å²) in [6.45, 7) is 2.11. The summed E-state index contributed by atoms with van der Waals surface area (Å²) in [6, 6.07) is 3.75. The molecular formula is C15H18N2O3. The fraction of sp³-hybridized carbons (Fsp3) is 0.467. The van der Waals surface area contributed by atoms with Crippen LogP contribution in [0.25, 0.3) is 5.52 Å². The smallest absolute Gasteiger partial charge is 0.166 e. The molecular weight excluding hydrogens is 256 g/mol. The van der Waals surface area contributed by atoms with E-state index in [0.29, 0.717) is 17.9 Å². The van der Waals surface area contributed by atoms with Gasteiger partial charge in [0.2, 0.25) is 0 Å². The summed E-state index contributed by atoms with van der Waals surface area (Å²) in [5.74, 6) is 1.30. The van der Waals surface area contributed by atoms with Crippen LogP contribution in [0.2, 0.25) is 0 Å². The highest BCUT2D eigenvalue weighted by Gasteiger charge is 2.30. The number of pyridine rings is 1. The first-order valence-corrected chi connectivity index (χ1v) is 7.03. The lowest BCUT2D eigenvalue weighted by atomic mass is 10.1. The van der Waals surface area contributed by atoms with Crippen LogP contribution in [0.3, 0.4) is 0 Å². The van der Waals surface area contributed by atoms with Crippen molar-refractivity contribution in [3.63, 3.8) is 0 Å². The van der Waals surface area contributed by atoms with Crippen molar-refractivity contribution in [3.05, 3.63) is 29.6 Å². The molecule has 1 aliphatic carbocycles. The molecule has 1 N–H and O–H groups in total. The maximum absolute atomic E-state index is 11.9. The van der Waals surface area contributed by atoms with Crippen LogP contribution in [0.15, 0.2) is 18.3 Å². The Labute approximate surface area is 117 Å². The molecule has 1 aliphatic rings. The minimum absolute atomic E-state index is 0.0131. The van der Waals surface area contributed by atoms with Gasteiger partial charge in [-0.2, -0.15) is 5.10 Å². The van der Waals surface area contributed by atoms with E-state index in [4.69, 9.17) is 9.84 Å². The van der Waals surface area contributed by atoms with Crippen molar-refractivity contribution in [2.45, 2.75) is 32.1 Å². The molecule has 2 heterocycles. The zero-order valence-corrected chi connectivity index (χ0v) is 11.5. The molecule has 0 aromatic carbocycles. The lowest BCUT2D eigenvalue weighted by Gasteiger charge is -2.12. The highest BCUT2D eigenvalue weighted by molar-refractivity contribution is 6.02. The van der Waals surface area contributed by atoms with Crippen molar-refractivity contribution >= 4 is 11.3 Å². The molecule has 0 spiro atoms. The Kier molecular flexibility index (Phi) is 3.44. The predicted octanol–water partition coefficient (Wildman–Crippen LogP) is 2.18. The Hall–Kier alpha value is -1.88. The number of hydrogen-bond donors (Lipinski definition) is 1. The van der Waals surface area contributed by atoms with Gasteiger partial charge in [0.15, 0.2) is 5.78 Å². The van der Waals surface area contributed by atoms with Crippen molar-refractivity contribution in [1.29, 1.82) is 0 Å². The van der Waals surface area contributed by atoms with Crippen molar-refractivity contribution < 1.29 is 14.6 Å². The third-order valence-electron chi connectivity index (χ3n) is 3.61. The molecule has 0 bridgehead atoms. The predicted molar refractivity (Wildman–Crippen MR) is 74.4 cm³/mol. The van der Waals surface area contributed by atoms with Gasteiger partial charge in [-0.25, -0.2) is 4.52 Å². The van der Waals surface area contributed by atoms with Crippen LogP contribution < -0.4 is 4.74 Å². The van der Waals surface area contributed by atoms with Crippen molar-refractivity contribution in [1.82, 2.24) is 9.61 Å². The Balaban J connectivity index is 2.10. The minimum Gasteiger partial charge on any atom is -0.489 e. The number of carbonyl (C=O) groups excluding carboxylic acids is 1. The van der Waals surface area contributed by atoms with Crippen LogP contribution in [0, 0.1) is 0 Å². The Morgan fingerprint density at radius 2 is 2.30 bits per heavy atom. The van der Waals surface area contributed by atoms with Gasteiger partial charge in [-0.15, -0.1) is 0 Å². The third-order valence-corrected chi connectivity index (χ3v) is 3.61. The number of aliphatic hydroxyl groups is 1. The van der Waals surface area contributed by atoms with Crippen LogP contribution in [0.1, 0.15) is 48.2 Å². The summed E-state index contributed by atoms with van der Waals surface area (Å²) in [7, 11) is 0. The normalized spacial score (nSPS) is 14.7. The van der Waals surface area contributed by atoms with Gasteiger partial charge in [0.25, 0.3) is 0 Å². The first kappa shape index (κ1) is 13.1. The molecule has 2 aromatic heterocycles. The first-order chi connectivity index (χ1) is 9.76. The van der Waals surface area contributed by atoms with Gasteiger partial charge in [0.1, 0.15) is 12.4 Å². The summed E-state index contributed by atoms with van der Waals surface area (Å²) in [6.07, 6.45) is 4.35. The van der Waals surface area contributed by atoms with Gasteiger partial charge in [-0.3, -0.25) is 4.79 Å². The quantitative estimate of drug-likeness (QED) is 0.820. The van der Waals surface area contributed by atoms with E-state index < -0.39 is 0 Å². The zero-order chi connectivity index (χ0) is 14.1. The Morgan fingerprint density at radius 1 is 1.50 bits per heavy atom. The standard InChI is InChI=1S/C15H18N2O3/c1-2-13(19)11-9-16-17-12(11)5-6-14(20-8-7-18)15(17)10-3-4-10/h5-6,9-10,18H,2-4,7-8H2,1H3. The van der Waals surface area contributed by atoms with Crippen LogP contribution in [-0.2, 0) is 0 Å². The zero-order valence-electron chi connectivity index (χ0n) is 11.5. The van der Waals surface area contributed by atoms with Gasteiger partial charge in [0.05, 0.1) is 29.6 Å². The molecule has 106 valence electrons.